The second-order valence-electron chi connectivity index (χ2n) is 7.05. The van der Waals surface area contributed by atoms with Gasteiger partial charge in [-0.25, -0.2) is 0 Å². The van der Waals surface area contributed by atoms with E-state index in [1.807, 2.05) is 0 Å². The number of fused-ring (bicyclic) bond motifs is 2. The lowest BCUT2D eigenvalue weighted by Crippen LogP contribution is -2.51. The molecule has 0 aromatic carbocycles. The maximum atomic E-state index is 3.30. The maximum Gasteiger partial charge on any atom is 0.0125 e. The molecule has 3 aliphatic heterocycles. The number of rotatable bonds is 4. The fraction of sp³-hybridized carbons (Fsp3) is 1.00. The first-order chi connectivity index (χ1) is 9.28. The van der Waals surface area contributed by atoms with Gasteiger partial charge in [0.05, 0.1) is 0 Å². The second-order valence-corrected chi connectivity index (χ2v) is 7.05. The van der Waals surface area contributed by atoms with Gasteiger partial charge in [-0.3, -0.25) is 0 Å². The van der Waals surface area contributed by atoms with Crippen LogP contribution in [0.25, 0.3) is 0 Å². The zero-order valence-electron chi connectivity index (χ0n) is 12.8. The minimum absolute atomic E-state index is 0.894. The van der Waals surface area contributed by atoms with Crippen LogP contribution in [0.3, 0.4) is 0 Å². The number of hydrogen-bond acceptors (Lipinski definition) is 3. The van der Waals surface area contributed by atoms with Crippen molar-refractivity contribution in [2.45, 2.75) is 63.1 Å². The summed E-state index contributed by atoms with van der Waals surface area (Å²) >= 11 is 0. The largest absolute Gasteiger partial charge is 0.320 e. The molecule has 19 heavy (non-hydrogen) atoms. The predicted octanol–water partition coefficient (Wildman–Crippen LogP) is 1.93. The van der Waals surface area contributed by atoms with Gasteiger partial charge in [0.2, 0.25) is 0 Å². The van der Waals surface area contributed by atoms with Crippen molar-refractivity contribution >= 4 is 0 Å². The fourth-order valence-corrected chi connectivity index (χ4v) is 4.64. The highest BCUT2D eigenvalue weighted by atomic mass is 15.2. The molecule has 2 bridgehead atoms. The highest BCUT2D eigenvalue weighted by molar-refractivity contribution is 4.97. The average Bonchev–Trinajstić information content (AvgIpc) is 2.68. The van der Waals surface area contributed by atoms with Gasteiger partial charge < -0.3 is 15.1 Å². The third-order valence-corrected chi connectivity index (χ3v) is 6.04. The Hall–Kier alpha value is -0.120. The summed E-state index contributed by atoms with van der Waals surface area (Å²) in [4.78, 5) is 5.49. The average molecular weight is 265 g/mol. The van der Waals surface area contributed by atoms with Gasteiger partial charge in [-0.05, 0) is 84.6 Å². The molecule has 3 aliphatic rings. The van der Waals surface area contributed by atoms with Gasteiger partial charge in [-0.2, -0.15) is 0 Å². The molecule has 0 aromatic heterocycles. The van der Waals surface area contributed by atoms with Crippen LogP contribution in [0, 0.1) is 5.92 Å². The third kappa shape index (κ3) is 2.98. The van der Waals surface area contributed by atoms with Gasteiger partial charge >= 0.3 is 0 Å². The van der Waals surface area contributed by atoms with Crippen LogP contribution in [0.2, 0.25) is 0 Å². The van der Waals surface area contributed by atoms with Gasteiger partial charge in [0.25, 0.3) is 0 Å². The van der Waals surface area contributed by atoms with E-state index in [9.17, 15) is 0 Å². The third-order valence-electron chi connectivity index (χ3n) is 6.04. The van der Waals surface area contributed by atoms with Crippen LogP contribution in [0.4, 0.5) is 0 Å². The number of likely N-dealkylation sites (tertiary alicyclic amines) is 1. The highest BCUT2D eigenvalue weighted by Gasteiger charge is 2.40. The van der Waals surface area contributed by atoms with E-state index in [1.54, 1.807) is 0 Å². The molecule has 0 aromatic rings. The molecule has 0 spiro atoms. The number of piperidine rings is 2. The first-order valence-electron chi connectivity index (χ1n) is 8.38. The van der Waals surface area contributed by atoms with Crippen LogP contribution in [0.15, 0.2) is 0 Å². The maximum absolute atomic E-state index is 3.30. The zero-order chi connectivity index (χ0) is 13.2. The molecule has 0 amide bonds. The van der Waals surface area contributed by atoms with Crippen LogP contribution in [0.1, 0.15) is 44.9 Å². The Labute approximate surface area is 118 Å². The van der Waals surface area contributed by atoms with E-state index in [2.05, 4.69) is 29.2 Å². The molecule has 3 fully saturated rings. The standard InChI is InChI=1S/C16H31N3/c1-17-8-5-13-6-9-19(10-7-13)16-11-14-3-4-15(12-16)18(14)2/h13-17H,3-12H2,1-2H3. The van der Waals surface area contributed by atoms with Gasteiger partial charge in [0, 0.05) is 18.1 Å². The predicted molar refractivity (Wildman–Crippen MR) is 80.4 cm³/mol. The topological polar surface area (TPSA) is 18.5 Å². The lowest BCUT2D eigenvalue weighted by Gasteiger charge is -2.44. The lowest BCUT2D eigenvalue weighted by molar-refractivity contribution is 0.0521. The van der Waals surface area contributed by atoms with Crippen molar-refractivity contribution in [1.82, 2.24) is 15.1 Å². The first kappa shape index (κ1) is 13.8. The summed E-state index contributed by atoms with van der Waals surface area (Å²) in [5.41, 5.74) is 0. The molecule has 3 heteroatoms. The van der Waals surface area contributed by atoms with E-state index < -0.39 is 0 Å². The van der Waals surface area contributed by atoms with E-state index in [0.717, 1.165) is 24.0 Å². The molecule has 3 saturated heterocycles. The Bertz CT molecular complexity index is 272. The Kier molecular flexibility index (Phi) is 4.45. The number of nitrogens with zero attached hydrogens (tertiary/aromatic N) is 2. The molecule has 3 heterocycles. The summed E-state index contributed by atoms with van der Waals surface area (Å²) < 4.78 is 0. The minimum atomic E-state index is 0.894. The van der Waals surface area contributed by atoms with Crippen molar-refractivity contribution in [3.8, 4) is 0 Å². The van der Waals surface area contributed by atoms with Crippen LogP contribution in [-0.4, -0.2) is 61.7 Å². The Morgan fingerprint density at radius 3 is 2.16 bits per heavy atom. The molecule has 0 aliphatic carbocycles. The Morgan fingerprint density at radius 1 is 0.947 bits per heavy atom. The van der Waals surface area contributed by atoms with E-state index in [-0.39, 0.29) is 0 Å². The van der Waals surface area contributed by atoms with Gasteiger partial charge in [0.1, 0.15) is 0 Å². The minimum Gasteiger partial charge on any atom is -0.320 e. The van der Waals surface area contributed by atoms with Crippen LogP contribution in [-0.2, 0) is 0 Å². The summed E-state index contributed by atoms with van der Waals surface area (Å²) in [6, 6.07) is 2.69. The van der Waals surface area contributed by atoms with E-state index in [0.29, 0.717) is 0 Å². The molecule has 2 atom stereocenters. The molecule has 1 N–H and O–H groups in total. The number of hydrogen-bond donors (Lipinski definition) is 1. The summed E-state index contributed by atoms with van der Waals surface area (Å²) in [6.07, 6.45) is 10.0. The van der Waals surface area contributed by atoms with Gasteiger partial charge in [-0.15, -0.1) is 0 Å². The van der Waals surface area contributed by atoms with Crippen molar-refractivity contribution in [3.05, 3.63) is 0 Å². The number of nitrogens with one attached hydrogen (secondary N) is 1. The summed E-state index contributed by atoms with van der Waals surface area (Å²) in [5, 5.41) is 3.30. The molecular formula is C16H31N3. The van der Waals surface area contributed by atoms with Crippen LogP contribution >= 0.6 is 0 Å². The summed E-state index contributed by atoms with van der Waals surface area (Å²) in [7, 11) is 4.42. The lowest BCUT2D eigenvalue weighted by atomic mass is 9.89. The Morgan fingerprint density at radius 2 is 1.58 bits per heavy atom. The molecule has 110 valence electrons. The van der Waals surface area contributed by atoms with Crippen molar-refractivity contribution in [1.29, 1.82) is 0 Å². The summed E-state index contributed by atoms with van der Waals surface area (Å²) in [5.74, 6) is 0.978. The SMILES string of the molecule is CNCCC1CCN(C2CC3CCC(C2)N3C)CC1. The molecule has 2 unspecified atom stereocenters. The van der Waals surface area contributed by atoms with Crippen molar-refractivity contribution < 1.29 is 0 Å². The van der Waals surface area contributed by atoms with Gasteiger partial charge in [0.15, 0.2) is 0 Å². The molecule has 0 saturated carbocycles. The monoisotopic (exact) mass is 265 g/mol. The Balaban J connectivity index is 1.47. The van der Waals surface area contributed by atoms with Crippen molar-refractivity contribution in [2.75, 3.05) is 33.7 Å². The van der Waals surface area contributed by atoms with Crippen molar-refractivity contribution in [3.63, 3.8) is 0 Å². The van der Waals surface area contributed by atoms with E-state index >= 15 is 0 Å². The van der Waals surface area contributed by atoms with E-state index in [1.165, 1.54) is 64.6 Å². The highest BCUT2D eigenvalue weighted by Crippen LogP contribution is 2.37. The van der Waals surface area contributed by atoms with Crippen LogP contribution < -0.4 is 5.32 Å². The molecule has 3 nitrogen and oxygen atoms in total. The van der Waals surface area contributed by atoms with Crippen molar-refractivity contribution in [2.24, 2.45) is 5.92 Å². The molecular weight excluding hydrogens is 234 g/mol. The zero-order valence-corrected chi connectivity index (χ0v) is 12.8. The summed E-state index contributed by atoms with van der Waals surface area (Å²) in [6.45, 7) is 3.92. The molecule has 0 radical (unpaired) electrons. The second kappa shape index (κ2) is 6.11. The van der Waals surface area contributed by atoms with Gasteiger partial charge in [-0.1, -0.05) is 0 Å². The quantitative estimate of drug-likeness (QED) is 0.838. The smallest absolute Gasteiger partial charge is 0.0125 e. The molecule has 3 rings (SSSR count). The van der Waals surface area contributed by atoms with E-state index in [4.69, 9.17) is 0 Å². The first-order valence-corrected chi connectivity index (χ1v) is 8.38. The normalized spacial score (nSPS) is 37.9. The fourth-order valence-electron chi connectivity index (χ4n) is 4.64. The van der Waals surface area contributed by atoms with Crippen LogP contribution in [0.5, 0.6) is 0 Å².